The maximum atomic E-state index is 13.3. The van der Waals surface area contributed by atoms with E-state index < -0.39 is 35.8 Å². The van der Waals surface area contributed by atoms with Crippen LogP contribution in [-0.4, -0.2) is 16.1 Å². The molecule has 0 atom stereocenters. The van der Waals surface area contributed by atoms with E-state index in [1.807, 2.05) is 0 Å². The lowest BCUT2D eigenvalue weighted by Gasteiger charge is -2.05. The van der Waals surface area contributed by atoms with E-state index in [2.05, 4.69) is 4.98 Å². The minimum absolute atomic E-state index is 0.364. The minimum Gasteiger partial charge on any atom is -0.481 e. The number of nitriles is 1. The van der Waals surface area contributed by atoms with Gasteiger partial charge in [-0.1, -0.05) is 0 Å². The zero-order chi connectivity index (χ0) is 12.3. The van der Waals surface area contributed by atoms with Crippen molar-refractivity contribution < 1.29 is 23.1 Å². The molecule has 0 unspecified atom stereocenters. The van der Waals surface area contributed by atoms with Crippen LogP contribution in [0.2, 0.25) is 0 Å². The molecule has 84 valence electrons. The largest absolute Gasteiger partial charge is 0.481 e. The van der Waals surface area contributed by atoms with E-state index in [0.29, 0.717) is 6.20 Å². The number of rotatable bonds is 3. The molecule has 1 aromatic rings. The van der Waals surface area contributed by atoms with Gasteiger partial charge in [0.1, 0.15) is 11.6 Å². The van der Waals surface area contributed by atoms with Crippen LogP contribution >= 0.6 is 0 Å². The number of carboxylic acid groups (broad SMARTS) is 1. The normalized spacial score (nSPS) is 10.2. The fourth-order valence-electron chi connectivity index (χ4n) is 1.08. The highest BCUT2D eigenvalue weighted by Gasteiger charge is 2.21. The highest BCUT2D eigenvalue weighted by molar-refractivity contribution is 5.70. The molecule has 0 aliphatic heterocycles. The van der Waals surface area contributed by atoms with Crippen molar-refractivity contribution in [2.24, 2.45) is 0 Å². The Morgan fingerprint density at radius 2 is 2.25 bits per heavy atom. The van der Waals surface area contributed by atoms with Gasteiger partial charge in [0, 0.05) is 6.20 Å². The highest BCUT2D eigenvalue weighted by Crippen LogP contribution is 2.24. The first-order valence-corrected chi connectivity index (χ1v) is 4.04. The van der Waals surface area contributed by atoms with Gasteiger partial charge in [0.2, 0.25) is 0 Å². The van der Waals surface area contributed by atoms with Crippen LogP contribution in [0.1, 0.15) is 23.2 Å². The predicted octanol–water partition coefficient (Wildman–Crippen LogP) is 1.66. The molecule has 7 heteroatoms. The van der Waals surface area contributed by atoms with Crippen molar-refractivity contribution in [3.63, 3.8) is 0 Å². The number of alkyl halides is 2. The fourth-order valence-corrected chi connectivity index (χ4v) is 1.08. The zero-order valence-electron chi connectivity index (χ0n) is 7.75. The van der Waals surface area contributed by atoms with Crippen LogP contribution in [0.4, 0.5) is 13.2 Å². The van der Waals surface area contributed by atoms with Crippen molar-refractivity contribution in [2.75, 3.05) is 0 Å². The predicted molar refractivity (Wildman–Crippen MR) is 45.2 cm³/mol. The highest BCUT2D eigenvalue weighted by atomic mass is 19.3. The van der Waals surface area contributed by atoms with Gasteiger partial charge in [-0.3, -0.25) is 9.78 Å². The van der Waals surface area contributed by atoms with Gasteiger partial charge < -0.3 is 5.11 Å². The molecule has 0 saturated carbocycles. The maximum Gasteiger partial charge on any atom is 0.309 e. The summed E-state index contributed by atoms with van der Waals surface area (Å²) in [5, 5.41) is 17.0. The van der Waals surface area contributed by atoms with Crippen molar-refractivity contribution in [1.29, 1.82) is 5.26 Å². The average Bonchev–Trinajstić information content (AvgIpc) is 2.16. The van der Waals surface area contributed by atoms with Gasteiger partial charge in [-0.15, -0.1) is 0 Å². The van der Waals surface area contributed by atoms with E-state index in [1.54, 1.807) is 0 Å². The summed E-state index contributed by atoms with van der Waals surface area (Å²) in [5.41, 5.74) is -2.12. The molecule has 4 nitrogen and oxygen atoms in total. The third-order valence-corrected chi connectivity index (χ3v) is 1.79. The summed E-state index contributed by atoms with van der Waals surface area (Å²) in [7, 11) is 0. The topological polar surface area (TPSA) is 74.0 Å². The third-order valence-electron chi connectivity index (χ3n) is 1.79. The Hall–Kier alpha value is -2.10. The summed E-state index contributed by atoms with van der Waals surface area (Å²) in [6.45, 7) is 0. The van der Waals surface area contributed by atoms with E-state index in [-0.39, 0.29) is 5.69 Å². The summed E-state index contributed by atoms with van der Waals surface area (Å²) in [6.07, 6.45) is -3.25. The number of hydrogen-bond acceptors (Lipinski definition) is 3. The van der Waals surface area contributed by atoms with Crippen LogP contribution in [0.5, 0.6) is 0 Å². The fraction of sp³-hybridized carbons (Fsp3) is 0.222. The van der Waals surface area contributed by atoms with Crippen molar-refractivity contribution in [3.8, 4) is 6.07 Å². The Labute approximate surface area is 88.0 Å². The second-order valence-corrected chi connectivity index (χ2v) is 2.83. The first-order chi connectivity index (χ1) is 7.47. The van der Waals surface area contributed by atoms with Gasteiger partial charge in [0.05, 0.1) is 17.7 Å². The number of carboxylic acids is 1. The molecule has 0 aromatic carbocycles. The molecule has 16 heavy (non-hydrogen) atoms. The molecule has 0 fully saturated rings. The molecule has 0 radical (unpaired) electrons. The van der Waals surface area contributed by atoms with Crippen molar-refractivity contribution in [1.82, 2.24) is 4.98 Å². The Morgan fingerprint density at radius 1 is 1.62 bits per heavy atom. The molecule has 0 spiro atoms. The number of carbonyl (C=O) groups is 1. The lowest BCUT2D eigenvalue weighted by atomic mass is 10.1. The zero-order valence-corrected chi connectivity index (χ0v) is 7.75. The van der Waals surface area contributed by atoms with E-state index in [0.717, 1.165) is 0 Å². The van der Waals surface area contributed by atoms with E-state index in [4.69, 9.17) is 10.4 Å². The van der Waals surface area contributed by atoms with Crippen LogP contribution in [0, 0.1) is 17.1 Å². The lowest BCUT2D eigenvalue weighted by Crippen LogP contribution is -2.08. The molecule has 0 aliphatic rings. The number of pyridine rings is 1. The molecular weight excluding hydrogens is 225 g/mol. The van der Waals surface area contributed by atoms with Crippen LogP contribution in [0.15, 0.2) is 6.20 Å². The Bertz CT molecular complexity index is 469. The molecule has 0 bridgehead atoms. The summed E-state index contributed by atoms with van der Waals surface area (Å²) in [5.74, 6) is -2.74. The lowest BCUT2D eigenvalue weighted by molar-refractivity contribution is -0.136. The van der Waals surface area contributed by atoms with Gasteiger partial charge in [0.25, 0.3) is 6.43 Å². The number of hydrogen-bond donors (Lipinski definition) is 1. The SMILES string of the molecule is N#Cc1c(CC(=O)O)ncc(C(F)F)c1F. The van der Waals surface area contributed by atoms with E-state index in [9.17, 15) is 18.0 Å². The number of nitrogens with zero attached hydrogens (tertiary/aromatic N) is 2. The second-order valence-electron chi connectivity index (χ2n) is 2.83. The monoisotopic (exact) mass is 230 g/mol. The van der Waals surface area contributed by atoms with Crippen LogP contribution in [-0.2, 0) is 11.2 Å². The minimum atomic E-state index is -3.10. The molecule has 1 N–H and O–H groups in total. The molecule has 0 aliphatic carbocycles. The molecule has 1 heterocycles. The van der Waals surface area contributed by atoms with Crippen LogP contribution in [0.25, 0.3) is 0 Å². The molecular formula is C9H5F3N2O2. The van der Waals surface area contributed by atoms with Gasteiger partial charge >= 0.3 is 5.97 Å². The van der Waals surface area contributed by atoms with Crippen molar-refractivity contribution in [3.05, 3.63) is 28.8 Å². The average molecular weight is 230 g/mol. The summed E-state index contributed by atoms with van der Waals surface area (Å²) >= 11 is 0. The second kappa shape index (κ2) is 4.61. The van der Waals surface area contributed by atoms with Gasteiger partial charge in [-0.2, -0.15) is 5.26 Å². The standard InChI is InChI=1S/C9H5F3N2O2/c10-8-4(2-13)6(1-7(15)16)14-3-5(8)9(11)12/h3,9H,1H2,(H,15,16). The van der Waals surface area contributed by atoms with E-state index in [1.165, 1.54) is 6.07 Å². The van der Waals surface area contributed by atoms with Gasteiger partial charge in [-0.25, -0.2) is 13.2 Å². The third kappa shape index (κ3) is 2.28. The van der Waals surface area contributed by atoms with Crippen LogP contribution in [0.3, 0.4) is 0 Å². The van der Waals surface area contributed by atoms with Gasteiger partial charge in [0.15, 0.2) is 5.82 Å². The summed E-state index contributed by atoms with van der Waals surface area (Å²) in [4.78, 5) is 13.7. The Morgan fingerprint density at radius 3 is 2.69 bits per heavy atom. The Balaban J connectivity index is 3.31. The van der Waals surface area contributed by atoms with E-state index >= 15 is 0 Å². The summed E-state index contributed by atoms with van der Waals surface area (Å²) in [6, 6.07) is 1.33. The first kappa shape index (κ1) is 12.0. The molecule has 0 saturated heterocycles. The maximum absolute atomic E-state index is 13.3. The van der Waals surface area contributed by atoms with Crippen molar-refractivity contribution >= 4 is 5.97 Å². The smallest absolute Gasteiger partial charge is 0.309 e. The van der Waals surface area contributed by atoms with Crippen LogP contribution < -0.4 is 0 Å². The Kier molecular flexibility index (Phi) is 3.45. The summed E-state index contributed by atoms with van der Waals surface area (Å²) < 4.78 is 37.8. The quantitative estimate of drug-likeness (QED) is 0.856. The number of aromatic nitrogens is 1. The first-order valence-electron chi connectivity index (χ1n) is 4.04. The molecule has 1 rings (SSSR count). The molecule has 0 amide bonds. The number of halogens is 3. The number of aliphatic carboxylic acids is 1. The van der Waals surface area contributed by atoms with Crippen molar-refractivity contribution in [2.45, 2.75) is 12.8 Å². The van der Waals surface area contributed by atoms with Gasteiger partial charge in [-0.05, 0) is 0 Å². The molecule has 1 aromatic heterocycles.